The molecule has 0 spiro atoms. The summed E-state index contributed by atoms with van der Waals surface area (Å²) < 4.78 is 1.78. The third-order valence-electron chi connectivity index (χ3n) is 3.41. The smallest absolute Gasteiger partial charge is 0.173 e. The Morgan fingerprint density at radius 1 is 1.32 bits per heavy atom. The summed E-state index contributed by atoms with van der Waals surface area (Å²) in [6, 6.07) is 9.68. The Balaban J connectivity index is 2.21. The van der Waals surface area contributed by atoms with Gasteiger partial charge in [0, 0.05) is 11.6 Å². The van der Waals surface area contributed by atoms with Crippen LogP contribution in [0.5, 0.6) is 0 Å². The number of aromatic amines is 1. The van der Waals surface area contributed by atoms with Crippen LogP contribution in [0.2, 0.25) is 5.02 Å². The van der Waals surface area contributed by atoms with Crippen LogP contribution in [-0.2, 0) is 5.41 Å². The second kappa shape index (κ2) is 5.08. The standard InChI is InChI=1S/C16H16ClN5/c1-16(2,3)13-15(20-12-7-5-4-6-11(12)17)22-14(21-13)10(8-18)9-19-22/h4-7,9,19-20H,1-3H3. The van der Waals surface area contributed by atoms with E-state index in [1.54, 1.807) is 10.7 Å². The fraction of sp³-hybridized carbons (Fsp3) is 0.250. The Morgan fingerprint density at radius 2 is 2.05 bits per heavy atom. The van der Waals surface area contributed by atoms with E-state index in [9.17, 15) is 5.26 Å². The van der Waals surface area contributed by atoms with Crippen molar-refractivity contribution in [3.63, 3.8) is 0 Å². The highest BCUT2D eigenvalue weighted by atomic mass is 35.5. The normalized spacial score (nSPS) is 11.6. The topological polar surface area (TPSA) is 68.9 Å². The van der Waals surface area contributed by atoms with E-state index in [0.717, 1.165) is 17.2 Å². The summed E-state index contributed by atoms with van der Waals surface area (Å²) >= 11 is 6.24. The van der Waals surface area contributed by atoms with Gasteiger partial charge in [0.15, 0.2) is 11.5 Å². The molecule has 3 rings (SSSR count). The number of anilines is 2. The Labute approximate surface area is 133 Å². The summed E-state index contributed by atoms with van der Waals surface area (Å²) in [7, 11) is 0. The number of nitrogens with one attached hydrogen (secondary N) is 2. The van der Waals surface area contributed by atoms with Crippen LogP contribution in [0.3, 0.4) is 0 Å². The first-order chi connectivity index (χ1) is 10.4. The summed E-state index contributed by atoms with van der Waals surface area (Å²) in [4.78, 5) is 4.64. The van der Waals surface area contributed by atoms with E-state index in [2.05, 4.69) is 42.2 Å². The zero-order chi connectivity index (χ0) is 15.9. The van der Waals surface area contributed by atoms with Gasteiger partial charge in [-0.05, 0) is 12.1 Å². The highest BCUT2D eigenvalue weighted by molar-refractivity contribution is 6.33. The molecule has 0 saturated heterocycles. The van der Waals surface area contributed by atoms with Crippen molar-refractivity contribution in [3.8, 4) is 6.07 Å². The number of aromatic nitrogens is 3. The molecule has 1 aromatic carbocycles. The van der Waals surface area contributed by atoms with Gasteiger partial charge in [0.2, 0.25) is 0 Å². The number of para-hydroxylation sites is 1. The van der Waals surface area contributed by atoms with E-state index >= 15 is 0 Å². The van der Waals surface area contributed by atoms with Crippen LogP contribution in [0.15, 0.2) is 30.5 Å². The number of halogens is 1. The number of benzene rings is 1. The Bertz CT molecular complexity index is 876. The number of hydrogen-bond donors (Lipinski definition) is 2. The second-order valence-electron chi connectivity index (χ2n) is 6.12. The Morgan fingerprint density at radius 3 is 2.68 bits per heavy atom. The van der Waals surface area contributed by atoms with E-state index in [1.165, 1.54) is 0 Å². The van der Waals surface area contributed by atoms with Gasteiger partial charge in [0.1, 0.15) is 11.6 Å². The largest absolute Gasteiger partial charge is 0.337 e. The number of nitriles is 1. The van der Waals surface area contributed by atoms with E-state index in [1.807, 2.05) is 24.3 Å². The molecule has 112 valence electrons. The van der Waals surface area contributed by atoms with Crippen molar-refractivity contribution in [2.75, 3.05) is 5.32 Å². The maximum atomic E-state index is 9.20. The molecule has 2 N–H and O–H groups in total. The average molecular weight is 314 g/mol. The van der Waals surface area contributed by atoms with Crippen molar-refractivity contribution in [2.24, 2.45) is 0 Å². The van der Waals surface area contributed by atoms with Gasteiger partial charge in [-0.2, -0.15) is 5.26 Å². The number of hydrogen-bond acceptors (Lipinski definition) is 3. The minimum Gasteiger partial charge on any atom is -0.337 e. The number of nitrogens with zero attached hydrogens (tertiary/aromatic N) is 3. The van der Waals surface area contributed by atoms with Crippen molar-refractivity contribution in [2.45, 2.75) is 26.2 Å². The highest BCUT2D eigenvalue weighted by Crippen LogP contribution is 2.34. The third kappa shape index (κ3) is 2.32. The highest BCUT2D eigenvalue weighted by Gasteiger charge is 2.26. The van der Waals surface area contributed by atoms with Gasteiger partial charge >= 0.3 is 0 Å². The van der Waals surface area contributed by atoms with Crippen LogP contribution < -0.4 is 5.32 Å². The van der Waals surface area contributed by atoms with E-state index < -0.39 is 0 Å². The van der Waals surface area contributed by atoms with Crippen LogP contribution in [-0.4, -0.2) is 14.6 Å². The lowest BCUT2D eigenvalue weighted by molar-refractivity contribution is 0.575. The molecule has 0 aliphatic heterocycles. The van der Waals surface area contributed by atoms with Crippen molar-refractivity contribution < 1.29 is 0 Å². The Hall–Kier alpha value is -2.45. The molecule has 0 aliphatic carbocycles. The van der Waals surface area contributed by atoms with Crippen molar-refractivity contribution >= 4 is 28.8 Å². The summed E-state index contributed by atoms with van der Waals surface area (Å²) in [5.41, 5.74) is 2.61. The predicted molar refractivity (Wildman–Crippen MR) is 87.7 cm³/mol. The Kier molecular flexibility index (Phi) is 3.34. The minimum absolute atomic E-state index is 0.177. The molecule has 0 aliphatic rings. The quantitative estimate of drug-likeness (QED) is 0.744. The molecule has 2 aromatic heterocycles. The zero-order valence-electron chi connectivity index (χ0n) is 12.6. The number of imidazole rings is 1. The first kappa shape index (κ1) is 14.5. The fourth-order valence-corrected chi connectivity index (χ4v) is 2.51. The van der Waals surface area contributed by atoms with Crippen molar-refractivity contribution in [3.05, 3.63) is 46.7 Å². The molecule has 0 atom stereocenters. The maximum absolute atomic E-state index is 9.20. The lowest BCUT2D eigenvalue weighted by atomic mass is 9.92. The molecule has 0 bridgehead atoms. The molecular formula is C16H16ClN5. The molecule has 0 saturated carbocycles. The summed E-state index contributed by atoms with van der Waals surface area (Å²) in [5, 5.41) is 16.2. The lowest BCUT2D eigenvalue weighted by Crippen LogP contribution is -2.14. The van der Waals surface area contributed by atoms with Gasteiger partial charge in [0.05, 0.1) is 16.4 Å². The minimum atomic E-state index is -0.177. The third-order valence-corrected chi connectivity index (χ3v) is 3.74. The maximum Gasteiger partial charge on any atom is 0.173 e. The van der Waals surface area contributed by atoms with Crippen LogP contribution in [0.25, 0.3) is 5.65 Å². The van der Waals surface area contributed by atoms with Crippen LogP contribution >= 0.6 is 11.6 Å². The number of fused-ring (bicyclic) bond motifs is 1. The molecular weight excluding hydrogens is 298 g/mol. The molecule has 0 unspecified atom stereocenters. The van der Waals surface area contributed by atoms with E-state index in [4.69, 9.17) is 11.6 Å². The van der Waals surface area contributed by atoms with Crippen LogP contribution in [0.1, 0.15) is 32.0 Å². The van der Waals surface area contributed by atoms with Crippen LogP contribution in [0.4, 0.5) is 11.5 Å². The second-order valence-corrected chi connectivity index (χ2v) is 6.53. The molecule has 6 heteroatoms. The van der Waals surface area contributed by atoms with Gasteiger partial charge in [0.25, 0.3) is 0 Å². The summed E-state index contributed by atoms with van der Waals surface area (Å²) in [6.45, 7) is 6.25. The molecule has 0 amide bonds. The van der Waals surface area contributed by atoms with Gasteiger partial charge in [-0.1, -0.05) is 44.5 Å². The van der Waals surface area contributed by atoms with Gasteiger partial charge in [-0.15, -0.1) is 0 Å². The van der Waals surface area contributed by atoms with E-state index in [0.29, 0.717) is 16.2 Å². The number of H-pyrrole nitrogens is 1. The first-order valence-corrected chi connectivity index (χ1v) is 7.31. The van der Waals surface area contributed by atoms with Gasteiger partial charge in [-0.25, -0.2) is 9.50 Å². The van der Waals surface area contributed by atoms with Crippen molar-refractivity contribution in [1.82, 2.24) is 14.6 Å². The van der Waals surface area contributed by atoms with E-state index in [-0.39, 0.29) is 5.41 Å². The number of rotatable bonds is 2. The SMILES string of the molecule is CC(C)(C)c1nc2c(C#N)c[nH]n2c1Nc1ccccc1Cl. The average Bonchev–Trinajstić information content (AvgIpc) is 3.00. The van der Waals surface area contributed by atoms with Gasteiger partial charge < -0.3 is 5.32 Å². The van der Waals surface area contributed by atoms with Crippen LogP contribution in [0, 0.1) is 11.3 Å². The fourth-order valence-electron chi connectivity index (χ4n) is 2.33. The molecule has 3 aromatic rings. The zero-order valence-corrected chi connectivity index (χ0v) is 13.4. The molecule has 0 radical (unpaired) electrons. The first-order valence-electron chi connectivity index (χ1n) is 6.94. The molecule has 5 nitrogen and oxygen atoms in total. The summed E-state index contributed by atoms with van der Waals surface area (Å²) in [6.07, 6.45) is 1.65. The predicted octanol–water partition coefficient (Wildman–Crippen LogP) is 4.23. The molecule has 22 heavy (non-hydrogen) atoms. The van der Waals surface area contributed by atoms with Gasteiger partial charge in [-0.3, -0.25) is 5.10 Å². The lowest BCUT2D eigenvalue weighted by Gasteiger charge is -2.18. The summed E-state index contributed by atoms with van der Waals surface area (Å²) in [5.74, 6) is 0.789. The molecule has 2 heterocycles. The monoisotopic (exact) mass is 313 g/mol. The molecule has 0 fully saturated rings. The van der Waals surface area contributed by atoms with Crippen molar-refractivity contribution in [1.29, 1.82) is 5.26 Å².